The predicted molar refractivity (Wildman–Crippen MR) is 93.4 cm³/mol. The van der Waals surface area contributed by atoms with Gasteiger partial charge in [0.25, 0.3) is 0 Å². The van der Waals surface area contributed by atoms with E-state index in [1.165, 1.54) is 76.2 Å². The second-order valence-corrected chi connectivity index (χ2v) is 6.42. The van der Waals surface area contributed by atoms with Crippen LogP contribution in [0, 0.1) is 0 Å². The van der Waals surface area contributed by atoms with Crippen molar-refractivity contribution in [2.45, 2.75) is 104 Å². The van der Waals surface area contributed by atoms with Gasteiger partial charge in [-0.2, -0.15) is 0 Å². The van der Waals surface area contributed by atoms with Gasteiger partial charge >= 0.3 is 0 Å². The molecule has 120 valence electrons. The highest BCUT2D eigenvalue weighted by Crippen LogP contribution is 2.12. The molecule has 1 heteroatoms. The fourth-order valence-electron chi connectivity index (χ4n) is 2.65. The molecule has 0 bridgehead atoms. The zero-order valence-corrected chi connectivity index (χ0v) is 14.6. The molecule has 0 rings (SSSR count). The molecule has 0 spiro atoms. The molecular formula is C19H39N. The first kappa shape index (κ1) is 19.7. The third kappa shape index (κ3) is 14.1. The Morgan fingerprint density at radius 1 is 0.800 bits per heavy atom. The fraction of sp³-hybridized carbons (Fsp3) is 0.895. The SMILES string of the molecule is CCCCCCCCCCCC(C=C(C)C)NCCC. The fourth-order valence-corrected chi connectivity index (χ4v) is 2.65. The molecule has 0 aromatic heterocycles. The minimum atomic E-state index is 0.601. The maximum atomic E-state index is 3.65. The molecule has 1 atom stereocenters. The van der Waals surface area contributed by atoms with E-state index in [1.807, 2.05) is 0 Å². The Bertz CT molecular complexity index is 216. The highest BCUT2D eigenvalue weighted by molar-refractivity contribution is 5.00. The molecule has 1 nitrogen and oxygen atoms in total. The van der Waals surface area contributed by atoms with Crippen LogP contribution in [0.5, 0.6) is 0 Å². The summed E-state index contributed by atoms with van der Waals surface area (Å²) in [6.07, 6.45) is 17.7. The van der Waals surface area contributed by atoms with Crippen molar-refractivity contribution >= 4 is 0 Å². The lowest BCUT2D eigenvalue weighted by Crippen LogP contribution is -2.28. The Morgan fingerprint density at radius 2 is 1.35 bits per heavy atom. The van der Waals surface area contributed by atoms with Crippen LogP contribution in [0.3, 0.4) is 0 Å². The largest absolute Gasteiger partial charge is 0.311 e. The van der Waals surface area contributed by atoms with E-state index in [2.05, 4.69) is 39.1 Å². The number of allylic oxidation sites excluding steroid dienone is 1. The zero-order valence-electron chi connectivity index (χ0n) is 14.6. The third-order valence-electron chi connectivity index (χ3n) is 3.81. The van der Waals surface area contributed by atoms with E-state index in [0.717, 1.165) is 6.54 Å². The monoisotopic (exact) mass is 281 g/mol. The quantitative estimate of drug-likeness (QED) is 0.293. The first-order chi connectivity index (χ1) is 9.70. The summed E-state index contributed by atoms with van der Waals surface area (Å²) in [5, 5.41) is 3.65. The Kier molecular flexibility index (Phi) is 14.9. The molecule has 0 aromatic rings. The highest BCUT2D eigenvalue weighted by atomic mass is 14.9. The first-order valence-electron chi connectivity index (χ1n) is 9.09. The molecule has 0 heterocycles. The first-order valence-corrected chi connectivity index (χ1v) is 9.09. The van der Waals surface area contributed by atoms with Crippen LogP contribution < -0.4 is 5.32 Å². The standard InChI is InChI=1S/C19H39N/c1-5-7-8-9-10-11-12-13-14-15-19(17-18(3)4)20-16-6-2/h17,19-20H,5-16H2,1-4H3. The molecule has 1 N–H and O–H groups in total. The minimum absolute atomic E-state index is 0.601. The average Bonchev–Trinajstić information content (AvgIpc) is 2.42. The summed E-state index contributed by atoms with van der Waals surface area (Å²) in [4.78, 5) is 0. The maximum absolute atomic E-state index is 3.65. The van der Waals surface area contributed by atoms with E-state index < -0.39 is 0 Å². The van der Waals surface area contributed by atoms with Crippen LogP contribution >= 0.6 is 0 Å². The molecule has 0 saturated heterocycles. The smallest absolute Gasteiger partial charge is 0.0252 e. The van der Waals surface area contributed by atoms with Crippen molar-refractivity contribution in [1.29, 1.82) is 0 Å². The van der Waals surface area contributed by atoms with Gasteiger partial charge in [-0.1, -0.05) is 83.3 Å². The van der Waals surface area contributed by atoms with Crippen molar-refractivity contribution in [2.75, 3.05) is 6.54 Å². The van der Waals surface area contributed by atoms with Gasteiger partial charge in [-0.25, -0.2) is 0 Å². The third-order valence-corrected chi connectivity index (χ3v) is 3.81. The summed E-state index contributed by atoms with van der Waals surface area (Å²) in [6, 6.07) is 0.601. The number of nitrogens with one attached hydrogen (secondary N) is 1. The summed E-state index contributed by atoms with van der Waals surface area (Å²) >= 11 is 0. The Hall–Kier alpha value is -0.300. The number of unbranched alkanes of at least 4 members (excludes halogenated alkanes) is 8. The lowest BCUT2D eigenvalue weighted by Gasteiger charge is -2.15. The zero-order chi connectivity index (χ0) is 15.1. The molecule has 0 aliphatic rings. The van der Waals surface area contributed by atoms with Crippen LogP contribution in [0.1, 0.15) is 98.3 Å². The van der Waals surface area contributed by atoms with Crippen LogP contribution in [-0.2, 0) is 0 Å². The van der Waals surface area contributed by atoms with Crippen molar-refractivity contribution < 1.29 is 0 Å². The van der Waals surface area contributed by atoms with Gasteiger partial charge in [-0.15, -0.1) is 0 Å². The van der Waals surface area contributed by atoms with Gasteiger partial charge < -0.3 is 5.32 Å². The molecular weight excluding hydrogens is 242 g/mol. The Morgan fingerprint density at radius 3 is 1.85 bits per heavy atom. The van der Waals surface area contributed by atoms with Gasteiger partial charge in [0.15, 0.2) is 0 Å². The van der Waals surface area contributed by atoms with Crippen molar-refractivity contribution in [3.05, 3.63) is 11.6 Å². The van der Waals surface area contributed by atoms with Crippen molar-refractivity contribution in [3.63, 3.8) is 0 Å². The van der Waals surface area contributed by atoms with Crippen molar-refractivity contribution in [1.82, 2.24) is 5.32 Å². The normalized spacial score (nSPS) is 12.4. The molecule has 0 aromatic carbocycles. The van der Waals surface area contributed by atoms with Crippen LogP contribution in [0.25, 0.3) is 0 Å². The van der Waals surface area contributed by atoms with E-state index in [0.29, 0.717) is 6.04 Å². The second-order valence-electron chi connectivity index (χ2n) is 6.42. The van der Waals surface area contributed by atoms with Gasteiger partial charge in [0.2, 0.25) is 0 Å². The lowest BCUT2D eigenvalue weighted by atomic mass is 10.0. The topological polar surface area (TPSA) is 12.0 Å². The van der Waals surface area contributed by atoms with Gasteiger partial charge in [-0.3, -0.25) is 0 Å². The Balaban J connectivity index is 3.50. The second kappa shape index (κ2) is 15.1. The molecule has 1 unspecified atom stereocenters. The van der Waals surface area contributed by atoms with Gasteiger partial charge in [0.05, 0.1) is 0 Å². The van der Waals surface area contributed by atoms with E-state index in [-0.39, 0.29) is 0 Å². The molecule has 0 amide bonds. The summed E-state index contributed by atoms with van der Waals surface area (Å²) in [5.74, 6) is 0. The predicted octanol–water partition coefficient (Wildman–Crippen LogP) is 6.24. The number of rotatable bonds is 14. The van der Waals surface area contributed by atoms with Crippen LogP contribution in [0.15, 0.2) is 11.6 Å². The number of hydrogen-bond acceptors (Lipinski definition) is 1. The Labute approximate surface area is 128 Å². The maximum Gasteiger partial charge on any atom is 0.0252 e. The van der Waals surface area contributed by atoms with Crippen LogP contribution in [0.4, 0.5) is 0 Å². The molecule has 0 saturated carbocycles. The highest BCUT2D eigenvalue weighted by Gasteiger charge is 2.03. The minimum Gasteiger partial charge on any atom is -0.311 e. The average molecular weight is 282 g/mol. The van der Waals surface area contributed by atoms with Crippen molar-refractivity contribution in [2.24, 2.45) is 0 Å². The molecule has 0 aliphatic heterocycles. The molecule has 0 fully saturated rings. The van der Waals surface area contributed by atoms with Crippen LogP contribution in [-0.4, -0.2) is 12.6 Å². The van der Waals surface area contributed by atoms with E-state index >= 15 is 0 Å². The van der Waals surface area contributed by atoms with Gasteiger partial charge in [0.1, 0.15) is 0 Å². The molecule has 0 radical (unpaired) electrons. The van der Waals surface area contributed by atoms with Crippen molar-refractivity contribution in [3.8, 4) is 0 Å². The number of hydrogen-bond donors (Lipinski definition) is 1. The summed E-state index contributed by atoms with van der Waals surface area (Å²) in [5.41, 5.74) is 1.44. The summed E-state index contributed by atoms with van der Waals surface area (Å²) < 4.78 is 0. The molecule has 0 aliphatic carbocycles. The van der Waals surface area contributed by atoms with E-state index in [4.69, 9.17) is 0 Å². The summed E-state index contributed by atoms with van der Waals surface area (Å²) in [7, 11) is 0. The lowest BCUT2D eigenvalue weighted by molar-refractivity contribution is 0.502. The van der Waals surface area contributed by atoms with Crippen LogP contribution in [0.2, 0.25) is 0 Å². The van der Waals surface area contributed by atoms with E-state index in [9.17, 15) is 0 Å². The van der Waals surface area contributed by atoms with Gasteiger partial charge in [0, 0.05) is 6.04 Å². The van der Waals surface area contributed by atoms with Gasteiger partial charge in [-0.05, 0) is 33.2 Å². The molecule has 20 heavy (non-hydrogen) atoms. The van der Waals surface area contributed by atoms with E-state index in [1.54, 1.807) is 0 Å². The summed E-state index contributed by atoms with van der Waals surface area (Å²) in [6.45, 7) is 10.1.